The number of aryl methyl sites for hydroxylation is 1. The first-order chi connectivity index (χ1) is 13.1. The maximum Gasteiger partial charge on any atom is 0.240 e. The number of hydrogen-bond donors (Lipinski definition) is 0. The standard InChI is InChI=1S/C19H32N6O2/c1-16-21-20-15-25(16)11-10-23-8-5-19(6-9-23)14-24(12-13-27-19)18(26)17-4-3-7-22(17)2/h15,17H,3-14H2,1-2H3/t17-/m1/s1. The number of likely N-dealkylation sites (tertiary alicyclic amines) is 2. The highest BCUT2D eigenvalue weighted by molar-refractivity contribution is 5.82. The molecule has 3 aliphatic heterocycles. The molecule has 4 heterocycles. The monoisotopic (exact) mass is 376 g/mol. The van der Waals surface area contributed by atoms with Crippen LogP contribution in [0, 0.1) is 6.92 Å². The van der Waals surface area contributed by atoms with Crippen molar-refractivity contribution < 1.29 is 9.53 Å². The second-order valence-corrected chi connectivity index (χ2v) is 8.34. The largest absolute Gasteiger partial charge is 0.371 e. The number of hydrogen-bond acceptors (Lipinski definition) is 6. The Hall–Kier alpha value is -1.51. The van der Waals surface area contributed by atoms with Gasteiger partial charge in [-0.2, -0.15) is 0 Å². The van der Waals surface area contributed by atoms with Crippen LogP contribution in [0.25, 0.3) is 0 Å². The number of aromatic nitrogens is 3. The molecule has 0 radical (unpaired) electrons. The van der Waals surface area contributed by atoms with E-state index >= 15 is 0 Å². The summed E-state index contributed by atoms with van der Waals surface area (Å²) in [5, 5.41) is 8.00. The smallest absolute Gasteiger partial charge is 0.240 e. The molecule has 3 aliphatic rings. The molecule has 0 N–H and O–H groups in total. The minimum atomic E-state index is -0.145. The van der Waals surface area contributed by atoms with Crippen LogP contribution in [0.4, 0.5) is 0 Å². The van der Waals surface area contributed by atoms with Gasteiger partial charge in [0.05, 0.1) is 18.2 Å². The van der Waals surface area contributed by atoms with Crippen LogP contribution in [0.3, 0.4) is 0 Å². The molecule has 3 saturated heterocycles. The van der Waals surface area contributed by atoms with E-state index < -0.39 is 0 Å². The lowest BCUT2D eigenvalue weighted by Gasteiger charge is -2.48. The number of rotatable bonds is 4. The molecule has 1 spiro atoms. The van der Waals surface area contributed by atoms with Crippen molar-refractivity contribution in [2.45, 2.75) is 50.8 Å². The number of carbonyl (C=O) groups excluding carboxylic acids is 1. The van der Waals surface area contributed by atoms with E-state index in [0.717, 1.165) is 77.3 Å². The fraction of sp³-hybridized carbons (Fsp3) is 0.842. The first-order valence-electron chi connectivity index (χ1n) is 10.3. The summed E-state index contributed by atoms with van der Waals surface area (Å²) in [6.45, 7) is 9.15. The van der Waals surface area contributed by atoms with Crippen LogP contribution >= 0.6 is 0 Å². The zero-order valence-electron chi connectivity index (χ0n) is 16.6. The topological polar surface area (TPSA) is 66.7 Å². The number of nitrogens with zero attached hydrogens (tertiary/aromatic N) is 6. The van der Waals surface area contributed by atoms with Gasteiger partial charge >= 0.3 is 0 Å². The Morgan fingerprint density at radius 1 is 1.26 bits per heavy atom. The van der Waals surface area contributed by atoms with Crippen molar-refractivity contribution in [1.82, 2.24) is 29.5 Å². The van der Waals surface area contributed by atoms with Crippen LogP contribution in [-0.4, -0.2) is 99.9 Å². The number of morpholine rings is 1. The predicted molar refractivity (Wildman–Crippen MR) is 101 cm³/mol. The molecule has 27 heavy (non-hydrogen) atoms. The van der Waals surface area contributed by atoms with Gasteiger partial charge in [0.2, 0.25) is 5.91 Å². The molecule has 0 saturated carbocycles. The molecule has 1 atom stereocenters. The van der Waals surface area contributed by atoms with Gasteiger partial charge in [0.25, 0.3) is 0 Å². The molecule has 1 aromatic rings. The summed E-state index contributed by atoms with van der Waals surface area (Å²) in [5.41, 5.74) is -0.145. The third-order valence-corrected chi connectivity index (χ3v) is 6.60. The molecule has 4 rings (SSSR count). The maximum atomic E-state index is 13.0. The summed E-state index contributed by atoms with van der Waals surface area (Å²) in [6, 6.07) is 0.0762. The van der Waals surface area contributed by atoms with E-state index in [4.69, 9.17) is 4.74 Å². The van der Waals surface area contributed by atoms with Gasteiger partial charge in [-0.1, -0.05) is 0 Å². The molecule has 8 heteroatoms. The van der Waals surface area contributed by atoms with E-state index in [1.807, 2.05) is 6.92 Å². The van der Waals surface area contributed by atoms with Gasteiger partial charge in [-0.05, 0) is 46.2 Å². The molecule has 0 aromatic carbocycles. The number of ether oxygens (including phenoxy) is 1. The molecular formula is C19H32N6O2. The summed E-state index contributed by atoms with van der Waals surface area (Å²) < 4.78 is 8.33. The quantitative estimate of drug-likeness (QED) is 0.757. The summed E-state index contributed by atoms with van der Waals surface area (Å²) in [7, 11) is 2.07. The zero-order chi connectivity index (χ0) is 18.9. The molecule has 150 valence electrons. The van der Waals surface area contributed by atoms with Crippen molar-refractivity contribution in [3.05, 3.63) is 12.2 Å². The van der Waals surface area contributed by atoms with Gasteiger partial charge in [0.15, 0.2) is 0 Å². The molecule has 8 nitrogen and oxygen atoms in total. The molecule has 0 bridgehead atoms. The molecule has 1 amide bonds. The zero-order valence-corrected chi connectivity index (χ0v) is 16.6. The summed E-state index contributed by atoms with van der Waals surface area (Å²) >= 11 is 0. The van der Waals surface area contributed by atoms with Crippen molar-refractivity contribution in [3.63, 3.8) is 0 Å². The lowest BCUT2D eigenvalue weighted by atomic mass is 9.89. The summed E-state index contributed by atoms with van der Waals surface area (Å²) in [5.74, 6) is 1.27. The summed E-state index contributed by atoms with van der Waals surface area (Å²) in [6.07, 6.45) is 5.92. The average molecular weight is 377 g/mol. The van der Waals surface area contributed by atoms with Crippen molar-refractivity contribution in [2.75, 3.05) is 52.9 Å². The van der Waals surface area contributed by atoms with Gasteiger partial charge in [0, 0.05) is 39.3 Å². The first kappa shape index (κ1) is 18.8. The fourth-order valence-electron chi connectivity index (χ4n) is 4.73. The minimum Gasteiger partial charge on any atom is -0.371 e. The fourth-order valence-corrected chi connectivity index (χ4v) is 4.73. The Morgan fingerprint density at radius 3 is 2.74 bits per heavy atom. The van der Waals surface area contributed by atoms with Crippen LogP contribution in [0.5, 0.6) is 0 Å². The minimum absolute atomic E-state index is 0.0762. The number of carbonyl (C=O) groups is 1. The molecular weight excluding hydrogens is 344 g/mol. The highest BCUT2D eigenvalue weighted by Gasteiger charge is 2.42. The second-order valence-electron chi connectivity index (χ2n) is 8.34. The second kappa shape index (κ2) is 7.85. The van der Waals surface area contributed by atoms with Crippen LogP contribution in [0.1, 0.15) is 31.5 Å². The van der Waals surface area contributed by atoms with Crippen LogP contribution < -0.4 is 0 Å². The Labute approximate surface area is 161 Å². The van der Waals surface area contributed by atoms with Crippen molar-refractivity contribution >= 4 is 5.91 Å². The Balaban J connectivity index is 1.29. The van der Waals surface area contributed by atoms with Gasteiger partial charge < -0.3 is 19.1 Å². The van der Waals surface area contributed by atoms with Crippen molar-refractivity contribution in [3.8, 4) is 0 Å². The summed E-state index contributed by atoms with van der Waals surface area (Å²) in [4.78, 5) is 19.7. The SMILES string of the molecule is Cc1nncn1CCN1CCC2(CC1)CN(C(=O)[C@H]1CCCN1C)CCO2. The third-order valence-electron chi connectivity index (χ3n) is 6.60. The van der Waals surface area contributed by atoms with Crippen molar-refractivity contribution in [1.29, 1.82) is 0 Å². The highest BCUT2D eigenvalue weighted by Crippen LogP contribution is 2.31. The molecule has 0 unspecified atom stereocenters. The molecule has 0 aliphatic carbocycles. The first-order valence-corrected chi connectivity index (χ1v) is 10.3. The average Bonchev–Trinajstić information content (AvgIpc) is 3.29. The highest BCUT2D eigenvalue weighted by atomic mass is 16.5. The van der Waals surface area contributed by atoms with Gasteiger partial charge in [-0.3, -0.25) is 9.69 Å². The molecule has 1 aromatic heterocycles. The van der Waals surface area contributed by atoms with E-state index in [1.165, 1.54) is 0 Å². The van der Waals surface area contributed by atoms with Gasteiger partial charge in [-0.25, -0.2) is 0 Å². The Morgan fingerprint density at radius 2 is 2.07 bits per heavy atom. The number of piperidine rings is 1. The van der Waals surface area contributed by atoms with Gasteiger partial charge in [-0.15, -0.1) is 10.2 Å². The number of likely N-dealkylation sites (N-methyl/N-ethyl adjacent to an activating group) is 1. The molecule has 3 fully saturated rings. The van der Waals surface area contributed by atoms with E-state index in [-0.39, 0.29) is 11.6 Å². The van der Waals surface area contributed by atoms with E-state index in [1.54, 1.807) is 6.33 Å². The van der Waals surface area contributed by atoms with Crippen LogP contribution in [0.2, 0.25) is 0 Å². The predicted octanol–water partition coefficient (Wildman–Crippen LogP) is 0.374. The van der Waals surface area contributed by atoms with E-state index in [2.05, 4.69) is 36.5 Å². The van der Waals surface area contributed by atoms with Crippen LogP contribution in [0.15, 0.2) is 6.33 Å². The van der Waals surface area contributed by atoms with E-state index in [0.29, 0.717) is 12.5 Å². The maximum absolute atomic E-state index is 13.0. The van der Waals surface area contributed by atoms with Gasteiger partial charge in [0.1, 0.15) is 12.2 Å². The van der Waals surface area contributed by atoms with E-state index in [9.17, 15) is 4.79 Å². The normalized spacial score (nSPS) is 26.7. The Kier molecular flexibility index (Phi) is 5.48. The Bertz CT molecular complexity index is 654. The van der Waals surface area contributed by atoms with Crippen LogP contribution in [-0.2, 0) is 16.1 Å². The lowest BCUT2D eigenvalue weighted by molar-refractivity contribution is -0.162. The number of amides is 1. The third kappa shape index (κ3) is 4.02. The van der Waals surface area contributed by atoms with Crippen molar-refractivity contribution in [2.24, 2.45) is 0 Å². The lowest BCUT2D eigenvalue weighted by Crippen LogP contribution is -2.60.